The van der Waals surface area contributed by atoms with E-state index in [2.05, 4.69) is 34.5 Å². The first-order valence-corrected chi connectivity index (χ1v) is 10.1. The lowest BCUT2D eigenvalue weighted by Crippen LogP contribution is -2.43. The van der Waals surface area contributed by atoms with Gasteiger partial charge in [-0.15, -0.1) is 0 Å². The highest BCUT2D eigenvalue weighted by Gasteiger charge is 2.20. The molecule has 1 amide bonds. The Kier molecular flexibility index (Phi) is 6.35. The van der Waals surface area contributed by atoms with Crippen molar-refractivity contribution < 1.29 is 9.53 Å². The lowest BCUT2D eigenvalue weighted by molar-refractivity contribution is 0.0332. The molecule has 0 radical (unpaired) electrons. The summed E-state index contributed by atoms with van der Waals surface area (Å²) in [7, 11) is 0. The molecule has 1 aliphatic rings. The van der Waals surface area contributed by atoms with Gasteiger partial charge in [-0.25, -0.2) is 0 Å². The first kappa shape index (κ1) is 19.4. The van der Waals surface area contributed by atoms with Gasteiger partial charge in [-0.3, -0.25) is 9.69 Å². The maximum absolute atomic E-state index is 13.0. The molecule has 4 heteroatoms. The monoisotopic (exact) mass is 386 g/mol. The summed E-state index contributed by atoms with van der Waals surface area (Å²) in [6.07, 6.45) is 0. The molecule has 4 nitrogen and oxygen atoms in total. The van der Waals surface area contributed by atoms with Crippen LogP contribution in [0.2, 0.25) is 0 Å². The lowest BCUT2D eigenvalue weighted by atomic mass is 10.0. The molecule has 1 N–H and O–H groups in total. The minimum atomic E-state index is -0.0596. The standard InChI is InChI=1S/C25H26N2O2/c28-25(23-13-11-21(12-14-23)20-7-3-1-4-8-20)26-24(22-9-5-2-6-10-22)19-27-15-17-29-18-16-27/h1-14,24H,15-19H2,(H,26,28)/t24-/m1/s1. The van der Waals surface area contributed by atoms with E-state index >= 15 is 0 Å². The van der Waals surface area contributed by atoms with Crippen LogP contribution in [-0.2, 0) is 4.74 Å². The van der Waals surface area contributed by atoms with Crippen molar-refractivity contribution in [1.29, 1.82) is 0 Å². The minimum absolute atomic E-state index is 0.0493. The molecule has 0 aromatic heterocycles. The Morgan fingerprint density at radius 2 is 1.41 bits per heavy atom. The SMILES string of the molecule is O=C(N[C@H](CN1CCOCC1)c1ccccc1)c1ccc(-c2ccccc2)cc1. The summed E-state index contributed by atoms with van der Waals surface area (Å²) in [5.41, 5.74) is 4.05. The lowest BCUT2D eigenvalue weighted by Gasteiger charge is -2.31. The molecular weight excluding hydrogens is 360 g/mol. The van der Waals surface area contributed by atoms with Crippen LogP contribution < -0.4 is 5.32 Å². The quantitative estimate of drug-likeness (QED) is 0.692. The smallest absolute Gasteiger partial charge is 0.251 e. The number of benzene rings is 3. The van der Waals surface area contributed by atoms with Crippen LogP contribution in [-0.4, -0.2) is 43.7 Å². The van der Waals surface area contributed by atoms with Crippen LogP contribution >= 0.6 is 0 Å². The van der Waals surface area contributed by atoms with Gasteiger partial charge in [0, 0.05) is 25.2 Å². The molecule has 1 fully saturated rings. The second-order valence-corrected chi connectivity index (χ2v) is 7.29. The highest BCUT2D eigenvalue weighted by atomic mass is 16.5. The van der Waals surface area contributed by atoms with Gasteiger partial charge in [-0.1, -0.05) is 72.8 Å². The number of hydrogen-bond acceptors (Lipinski definition) is 3. The highest BCUT2D eigenvalue weighted by molar-refractivity contribution is 5.95. The van der Waals surface area contributed by atoms with Gasteiger partial charge < -0.3 is 10.1 Å². The summed E-state index contributed by atoms with van der Waals surface area (Å²) in [4.78, 5) is 15.3. The maximum atomic E-state index is 13.0. The molecule has 1 saturated heterocycles. The van der Waals surface area contributed by atoms with Crippen molar-refractivity contribution in [2.75, 3.05) is 32.8 Å². The van der Waals surface area contributed by atoms with E-state index in [4.69, 9.17) is 4.74 Å². The molecule has 0 unspecified atom stereocenters. The van der Waals surface area contributed by atoms with Crippen LogP contribution in [0.1, 0.15) is 22.0 Å². The van der Waals surface area contributed by atoms with Crippen LogP contribution in [0.4, 0.5) is 0 Å². The molecule has 3 aromatic rings. The number of rotatable bonds is 6. The minimum Gasteiger partial charge on any atom is -0.379 e. The van der Waals surface area contributed by atoms with Crippen LogP contribution in [0.25, 0.3) is 11.1 Å². The van der Waals surface area contributed by atoms with Crippen molar-refractivity contribution in [3.8, 4) is 11.1 Å². The Morgan fingerprint density at radius 1 is 0.828 bits per heavy atom. The zero-order valence-corrected chi connectivity index (χ0v) is 16.5. The topological polar surface area (TPSA) is 41.6 Å². The number of morpholine rings is 1. The summed E-state index contributed by atoms with van der Waals surface area (Å²) in [6, 6.07) is 28.1. The molecule has 3 aromatic carbocycles. The third-order valence-electron chi connectivity index (χ3n) is 5.31. The van der Waals surface area contributed by atoms with Gasteiger partial charge in [-0.05, 0) is 28.8 Å². The van der Waals surface area contributed by atoms with E-state index in [0.29, 0.717) is 5.56 Å². The number of nitrogens with zero attached hydrogens (tertiary/aromatic N) is 1. The second kappa shape index (κ2) is 9.50. The molecule has 0 spiro atoms. The molecule has 148 valence electrons. The van der Waals surface area contributed by atoms with Gasteiger partial charge in [0.25, 0.3) is 5.91 Å². The van der Waals surface area contributed by atoms with Crippen molar-refractivity contribution in [2.24, 2.45) is 0 Å². The number of nitrogens with one attached hydrogen (secondary N) is 1. The van der Waals surface area contributed by atoms with Gasteiger partial charge in [0.15, 0.2) is 0 Å². The first-order valence-electron chi connectivity index (χ1n) is 10.1. The summed E-state index contributed by atoms with van der Waals surface area (Å²) < 4.78 is 5.46. The maximum Gasteiger partial charge on any atom is 0.251 e. The second-order valence-electron chi connectivity index (χ2n) is 7.29. The molecule has 0 bridgehead atoms. The Balaban J connectivity index is 1.48. The predicted octanol–water partition coefficient (Wildman–Crippen LogP) is 4.16. The number of carbonyl (C=O) groups is 1. The highest BCUT2D eigenvalue weighted by Crippen LogP contribution is 2.20. The summed E-state index contributed by atoms with van der Waals surface area (Å²) in [5, 5.41) is 3.23. The molecule has 1 aliphatic heterocycles. The van der Waals surface area contributed by atoms with Crippen LogP contribution in [0, 0.1) is 0 Å². The van der Waals surface area contributed by atoms with Gasteiger partial charge in [0.05, 0.1) is 19.3 Å². The fourth-order valence-electron chi connectivity index (χ4n) is 3.65. The molecule has 0 aliphatic carbocycles. The Hall–Kier alpha value is -2.95. The fraction of sp³-hybridized carbons (Fsp3) is 0.240. The van der Waals surface area contributed by atoms with Crippen LogP contribution in [0.5, 0.6) is 0 Å². The molecule has 4 rings (SSSR count). The molecule has 1 heterocycles. The normalized spacial score (nSPS) is 15.6. The number of hydrogen-bond donors (Lipinski definition) is 1. The molecule has 0 saturated carbocycles. The Bertz CT molecular complexity index is 905. The molecule has 29 heavy (non-hydrogen) atoms. The van der Waals surface area contributed by atoms with Crippen molar-refractivity contribution in [3.63, 3.8) is 0 Å². The average molecular weight is 386 g/mol. The van der Waals surface area contributed by atoms with Crippen molar-refractivity contribution >= 4 is 5.91 Å². The van der Waals surface area contributed by atoms with Crippen LogP contribution in [0.3, 0.4) is 0 Å². The van der Waals surface area contributed by atoms with Crippen LogP contribution in [0.15, 0.2) is 84.9 Å². The molecule has 1 atom stereocenters. The number of ether oxygens (including phenoxy) is 1. The Morgan fingerprint density at radius 3 is 2.07 bits per heavy atom. The van der Waals surface area contributed by atoms with E-state index in [0.717, 1.165) is 49.5 Å². The summed E-state index contributed by atoms with van der Waals surface area (Å²) in [6.45, 7) is 4.06. The van der Waals surface area contributed by atoms with Gasteiger partial charge >= 0.3 is 0 Å². The predicted molar refractivity (Wildman–Crippen MR) is 116 cm³/mol. The van der Waals surface area contributed by atoms with Gasteiger partial charge in [0.2, 0.25) is 0 Å². The van der Waals surface area contributed by atoms with E-state index < -0.39 is 0 Å². The van der Waals surface area contributed by atoms with Gasteiger partial charge in [0.1, 0.15) is 0 Å². The van der Waals surface area contributed by atoms with Crippen molar-refractivity contribution in [1.82, 2.24) is 10.2 Å². The van der Waals surface area contributed by atoms with Crippen molar-refractivity contribution in [3.05, 3.63) is 96.1 Å². The van der Waals surface area contributed by atoms with E-state index in [9.17, 15) is 4.79 Å². The van der Waals surface area contributed by atoms with E-state index in [1.54, 1.807) is 0 Å². The van der Waals surface area contributed by atoms with E-state index in [1.165, 1.54) is 0 Å². The fourth-order valence-corrected chi connectivity index (χ4v) is 3.65. The van der Waals surface area contributed by atoms with Gasteiger partial charge in [-0.2, -0.15) is 0 Å². The zero-order chi connectivity index (χ0) is 19.9. The zero-order valence-electron chi connectivity index (χ0n) is 16.5. The number of carbonyl (C=O) groups excluding carboxylic acids is 1. The van der Waals surface area contributed by atoms with E-state index in [-0.39, 0.29) is 11.9 Å². The Labute approximate surface area is 172 Å². The van der Waals surface area contributed by atoms with Crippen molar-refractivity contribution in [2.45, 2.75) is 6.04 Å². The molecular formula is C25H26N2O2. The largest absolute Gasteiger partial charge is 0.379 e. The average Bonchev–Trinajstić information content (AvgIpc) is 2.80. The summed E-state index contributed by atoms with van der Waals surface area (Å²) >= 11 is 0. The first-order chi connectivity index (χ1) is 14.3. The number of amides is 1. The van der Waals surface area contributed by atoms with E-state index in [1.807, 2.05) is 60.7 Å². The third kappa shape index (κ3) is 5.11. The third-order valence-corrected chi connectivity index (χ3v) is 5.31. The summed E-state index contributed by atoms with van der Waals surface area (Å²) in [5.74, 6) is -0.0493.